The number of hydrogen-bond donors (Lipinski definition) is 0. The largest absolute Gasteiger partial charge is 0.493 e. The highest BCUT2D eigenvalue weighted by atomic mass is 79.9. The van der Waals surface area contributed by atoms with Crippen molar-refractivity contribution in [2.24, 2.45) is 5.92 Å². The van der Waals surface area contributed by atoms with Crippen molar-refractivity contribution in [3.05, 3.63) is 22.2 Å². The van der Waals surface area contributed by atoms with E-state index in [-0.39, 0.29) is 5.75 Å². The number of halogens is 2. The standard InChI is InChI=1S/C12H14BrClO4S/c1-17-11-5-9(7-19(14,15)16)4-10(13)12(11)18-6-8-2-3-8/h4-5,8H,2-3,6-7H2,1H3. The van der Waals surface area contributed by atoms with Gasteiger partial charge >= 0.3 is 0 Å². The van der Waals surface area contributed by atoms with E-state index in [0.717, 1.165) is 0 Å². The van der Waals surface area contributed by atoms with E-state index in [9.17, 15) is 8.42 Å². The molecule has 1 aliphatic carbocycles. The SMILES string of the molecule is COc1cc(CS(=O)(=O)Cl)cc(Br)c1OCC1CC1. The lowest BCUT2D eigenvalue weighted by Gasteiger charge is -2.13. The topological polar surface area (TPSA) is 52.6 Å². The van der Waals surface area contributed by atoms with Crippen molar-refractivity contribution in [2.75, 3.05) is 13.7 Å². The lowest BCUT2D eigenvalue weighted by atomic mass is 10.2. The molecule has 1 fully saturated rings. The summed E-state index contributed by atoms with van der Waals surface area (Å²) in [5, 5.41) is 0. The first-order valence-corrected chi connectivity index (χ1v) is 9.07. The highest BCUT2D eigenvalue weighted by Gasteiger charge is 2.23. The zero-order valence-corrected chi connectivity index (χ0v) is 13.5. The van der Waals surface area contributed by atoms with Crippen molar-refractivity contribution in [3.63, 3.8) is 0 Å². The smallest absolute Gasteiger partial charge is 0.236 e. The molecule has 0 aliphatic heterocycles. The highest BCUT2D eigenvalue weighted by Crippen LogP contribution is 2.39. The minimum atomic E-state index is -3.59. The van der Waals surface area contributed by atoms with Crippen LogP contribution in [0.2, 0.25) is 0 Å². The molecular formula is C12H14BrClO4S. The second-order valence-electron chi connectivity index (χ2n) is 4.55. The van der Waals surface area contributed by atoms with Crippen LogP contribution in [0.5, 0.6) is 11.5 Å². The Bertz CT molecular complexity index is 569. The van der Waals surface area contributed by atoms with Crippen molar-refractivity contribution in [1.82, 2.24) is 0 Å². The van der Waals surface area contributed by atoms with Gasteiger partial charge in [0.25, 0.3) is 0 Å². The summed E-state index contributed by atoms with van der Waals surface area (Å²) >= 11 is 3.37. The van der Waals surface area contributed by atoms with Crippen LogP contribution in [0.3, 0.4) is 0 Å². The van der Waals surface area contributed by atoms with Crippen LogP contribution in [0.4, 0.5) is 0 Å². The molecule has 0 aromatic heterocycles. The summed E-state index contributed by atoms with van der Waals surface area (Å²) in [6, 6.07) is 3.32. The maximum absolute atomic E-state index is 11.1. The molecule has 2 rings (SSSR count). The first-order chi connectivity index (χ1) is 8.89. The van der Waals surface area contributed by atoms with Gasteiger partial charge in [0.15, 0.2) is 11.5 Å². The minimum absolute atomic E-state index is 0.244. The molecule has 0 amide bonds. The average molecular weight is 370 g/mol. The zero-order valence-electron chi connectivity index (χ0n) is 10.4. The van der Waals surface area contributed by atoms with Crippen molar-refractivity contribution in [1.29, 1.82) is 0 Å². The van der Waals surface area contributed by atoms with Gasteiger partial charge in [0.05, 0.1) is 23.9 Å². The summed E-state index contributed by atoms with van der Waals surface area (Å²) in [5.74, 6) is 1.49. The molecule has 0 saturated heterocycles. The van der Waals surface area contributed by atoms with Crippen LogP contribution in [-0.2, 0) is 14.8 Å². The predicted octanol–water partition coefficient (Wildman–Crippen LogP) is 3.32. The van der Waals surface area contributed by atoms with Gasteiger partial charge in [0.1, 0.15) is 0 Å². The molecule has 1 aromatic carbocycles. The van der Waals surface area contributed by atoms with E-state index in [1.807, 2.05) is 0 Å². The summed E-state index contributed by atoms with van der Waals surface area (Å²) in [4.78, 5) is 0. The van der Waals surface area contributed by atoms with Gasteiger partial charge in [-0.05, 0) is 52.4 Å². The van der Waals surface area contributed by atoms with E-state index in [1.54, 1.807) is 12.1 Å². The van der Waals surface area contributed by atoms with E-state index < -0.39 is 9.05 Å². The molecule has 0 heterocycles. The van der Waals surface area contributed by atoms with Gasteiger partial charge in [0.2, 0.25) is 9.05 Å². The number of rotatable bonds is 6. The Kier molecular flexibility index (Phi) is 4.63. The first kappa shape index (κ1) is 14.9. The van der Waals surface area contributed by atoms with Gasteiger partial charge < -0.3 is 9.47 Å². The van der Waals surface area contributed by atoms with Gasteiger partial charge in [-0.2, -0.15) is 0 Å². The third-order valence-corrected chi connectivity index (χ3v) is 4.38. The third kappa shape index (κ3) is 4.54. The van der Waals surface area contributed by atoms with Gasteiger partial charge in [0, 0.05) is 10.7 Å². The van der Waals surface area contributed by atoms with Crippen LogP contribution in [0, 0.1) is 5.92 Å². The fourth-order valence-electron chi connectivity index (χ4n) is 1.68. The number of methoxy groups -OCH3 is 1. The van der Waals surface area contributed by atoms with Crippen LogP contribution in [0.15, 0.2) is 16.6 Å². The second kappa shape index (κ2) is 5.89. The van der Waals surface area contributed by atoms with E-state index in [2.05, 4.69) is 15.9 Å². The molecule has 1 aromatic rings. The van der Waals surface area contributed by atoms with Crippen LogP contribution in [-0.4, -0.2) is 22.1 Å². The minimum Gasteiger partial charge on any atom is -0.493 e. The molecule has 0 spiro atoms. The molecule has 0 unspecified atom stereocenters. The Morgan fingerprint density at radius 2 is 2.11 bits per heavy atom. The number of hydrogen-bond acceptors (Lipinski definition) is 4. The van der Waals surface area contributed by atoms with Crippen LogP contribution >= 0.6 is 26.6 Å². The summed E-state index contributed by atoms with van der Waals surface area (Å²) in [6.07, 6.45) is 2.39. The lowest BCUT2D eigenvalue weighted by molar-refractivity contribution is 0.278. The molecule has 0 atom stereocenters. The molecule has 4 nitrogen and oxygen atoms in total. The van der Waals surface area contributed by atoms with Crippen molar-refractivity contribution in [3.8, 4) is 11.5 Å². The van der Waals surface area contributed by atoms with Crippen molar-refractivity contribution in [2.45, 2.75) is 18.6 Å². The van der Waals surface area contributed by atoms with Gasteiger partial charge in [-0.3, -0.25) is 0 Å². The predicted molar refractivity (Wildman–Crippen MR) is 77.4 cm³/mol. The van der Waals surface area contributed by atoms with Crippen LogP contribution in [0.25, 0.3) is 0 Å². The molecule has 19 heavy (non-hydrogen) atoms. The Morgan fingerprint density at radius 1 is 1.42 bits per heavy atom. The van der Waals surface area contributed by atoms with Crippen LogP contribution < -0.4 is 9.47 Å². The van der Waals surface area contributed by atoms with E-state index in [4.69, 9.17) is 20.2 Å². The average Bonchev–Trinajstić information content (AvgIpc) is 3.08. The third-order valence-electron chi connectivity index (χ3n) is 2.79. The summed E-state index contributed by atoms with van der Waals surface area (Å²) in [5.41, 5.74) is 0.553. The number of benzene rings is 1. The molecule has 7 heteroatoms. The Hall–Kier alpha value is -0.460. The normalized spacial score (nSPS) is 15.3. The zero-order chi connectivity index (χ0) is 14.0. The fourth-order valence-corrected chi connectivity index (χ4v) is 3.23. The van der Waals surface area contributed by atoms with Gasteiger partial charge in [-0.15, -0.1) is 0 Å². The van der Waals surface area contributed by atoms with E-state index >= 15 is 0 Å². The quantitative estimate of drug-likeness (QED) is 0.722. The van der Waals surface area contributed by atoms with E-state index in [1.165, 1.54) is 20.0 Å². The molecule has 1 saturated carbocycles. The maximum atomic E-state index is 11.1. The Labute approximate surface area is 125 Å². The number of ether oxygens (including phenoxy) is 2. The molecular weight excluding hydrogens is 356 g/mol. The summed E-state index contributed by atoms with van der Waals surface area (Å²) in [6.45, 7) is 0.655. The van der Waals surface area contributed by atoms with Crippen molar-refractivity contribution < 1.29 is 17.9 Å². The summed E-state index contributed by atoms with van der Waals surface area (Å²) < 4.78 is 33.8. The van der Waals surface area contributed by atoms with Crippen LogP contribution in [0.1, 0.15) is 18.4 Å². The first-order valence-electron chi connectivity index (χ1n) is 5.80. The lowest BCUT2D eigenvalue weighted by Crippen LogP contribution is -2.03. The fraction of sp³-hybridized carbons (Fsp3) is 0.500. The monoisotopic (exact) mass is 368 g/mol. The molecule has 1 aliphatic rings. The Balaban J connectivity index is 2.23. The second-order valence-corrected chi connectivity index (χ2v) is 8.18. The van der Waals surface area contributed by atoms with Gasteiger partial charge in [-0.25, -0.2) is 8.42 Å². The van der Waals surface area contributed by atoms with Crippen molar-refractivity contribution >= 4 is 35.7 Å². The Morgan fingerprint density at radius 3 is 2.63 bits per heavy atom. The highest BCUT2D eigenvalue weighted by molar-refractivity contribution is 9.10. The van der Waals surface area contributed by atoms with Gasteiger partial charge in [-0.1, -0.05) is 0 Å². The molecule has 0 N–H and O–H groups in total. The summed E-state index contributed by atoms with van der Waals surface area (Å²) in [7, 11) is 3.18. The maximum Gasteiger partial charge on any atom is 0.236 e. The van der Waals surface area contributed by atoms with E-state index in [0.29, 0.717) is 34.1 Å². The molecule has 106 valence electrons. The molecule has 0 radical (unpaired) electrons. The molecule has 0 bridgehead atoms.